The molecule has 6 heteroatoms. The topological polar surface area (TPSA) is 78.9 Å². The van der Waals surface area contributed by atoms with Gasteiger partial charge in [-0.25, -0.2) is 0 Å². The van der Waals surface area contributed by atoms with Crippen molar-refractivity contribution in [3.05, 3.63) is 72.9 Å². The van der Waals surface area contributed by atoms with Crippen molar-refractivity contribution in [2.24, 2.45) is 0 Å². The highest BCUT2D eigenvalue weighted by Gasteiger charge is 2.19. The number of carbonyl (C=O) groups is 3. The molecule has 0 aromatic carbocycles. The van der Waals surface area contributed by atoms with Crippen molar-refractivity contribution in [1.82, 2.24) is 0 Å². The first kappa shape index (κ1) is 67.8. The zero-order valence-corrected chi connectivity index (χ0v) is 47.0. The minimum atomic E-state index is -0.783. The number of rotatable bonds is 55. The number of carbonyl (C=O) groups excluding carboxylic acids is 3. The van der Waals surface area contributed by atoms with Gasteiger partial charge in [-0.05, 0) is 89.9 Å². The van der Waals surface area contributed by atoms with Crippen LogP contribution in [0, 0.1) is 0 Å². The van der Waals surface area contributed by atoms with Gasteiger partial charge in [0, 0.05) is 19.3 Å². The van der Waals surface area contributed by atoms with Gasteiger partial charge in [0.2, 0.25) is 0 Å². The lowest BCUT2D eigenvalue weighted by Crippen LogP contribution is -2.30. The third-order valence-corrected chi connectivity index (χ3v) is 13.2. The van der Waals surface area contributed by atoms with E-state index in [1.807, 2.05) is 0 Å². The van der Waals surface area contributed by atoms with Crippen LogP contribution in [-0.2, 0) is 28.6 Å². The highest BCUT2D eigenvalue weighted by Crippen LogP contribution is 2.16. The summed E-state index contributed by atoms with van der Waals surface area (Å²) in [4.78, 5) is 38.3. The molecule has 0 N–H and O–H groups in total. The van der Waals surface area contributed by atoms with Crippen LogP contribution >= 0.6 is 0 Å². The van der Waals surface area contributed by atoms with E-state index in [1.165, 1.54) is 167 Å². The van der Waals surface area contributed by atoms with Crippen molar-refractivity contribution in [1.29, 1.82) is 0 Å². The summed E-state index contributed by atoms with van der Waals surface area (Å²) in [5.41, 5.74) is 0. The van der Waals surface area contributed by atoms with Gasteiger partial charge in [0.1, 0.15) is 13.2 Å². The van der Waals surface area contributed by atoms with Crippen LogP contribution < -0.4 is 0 Å². The molecule has 1 atom stereocenters. The van der Waals surface area contributed by atoms with Gasteiger partial charge in [0.05, 0.1) is 0 Å². The molecule has 0 spiro atoms. The van der Waals surface area contributed by atoms with Gasteiger partial charge in [-0.3, -0.25) is 14.4 Å². The summed E-state index contributed by atoms with van der Waals surface area (Å²) >= 11 is 0. The average Bonchev–Trinajstić information content (AvgIpc) is 3.37. The Kier molecular flexibility index (Phi) is 56.8. The Hall–Kier alpha value is -3.15. The number of ether oxygens (including phenoxy) is 3. The molecule has 0 aromatic heterocycles. The minimum absolute atomic E-state index is 0.0790. The van der Waals surface area contributed by atoms with E-state index in [-0.39, 0.29) is 31.1 Å². The molecule has 0 radical (unpaired) electrons. The van der Waals surface area contributed by atoms with E-state index >= 15 is 0 Å². The van der Waals surface area contributed by atoms with Crippen LogP contribution in [-0.4, -0.2) is 37.2 Å². The van der Waals surface area contributed by atoms with Crippen LogP contribution in [0.3, 0.4) is 0 Å². The summed E-state index contributed by atoms with van der Waals surface area (Å²) in [6.07, 6.45) is 76.0. The Bertz CT molecular complexity index is 1320. The first-order chi connectivity index (χ1) is 35.0. The lowest BCUT2D eigenvalue weighted by atomic mass is 10.0. The van der Waals surface area contributed by atoms with Crippen LogP contribution in [0.5, 0.6) is 0 Å². The SMILES string of the molecule is CC/C=C\C/C=C\C/C=C\C/C=C\CCCCCCCCC(=O)OCC(COC(=O)CCCCCCCCCCCCCCCCC)OC(=O)CCCCCCCCCCC/C=C\C/C=C\CCCCC. The molecule has 1 unspecified atom stereocenters. The summed E-state index contributed by atoms with van der Waals surface area (Å²) in [5.74, 6) is -0.884. The second-order valence-corrected chi connectivity index (χ2v) is 20.2. The summed E-state index contributed by atoms with van der Waals surface area (Å²) < 4.78 is 16.9. The molecule has 0 heterocycles. The maximum Gasteiger partial charge on any atom is 0.306 e. The molecule has 0 aliphatic heterocycles. The maximum absolute atomic E-state index is 12.9. The third kappa shape index (κ3) is 57.6. The van der Waals surface area contributed by atoms with Crippen LogP contribution in [0.15, 0.2) is 72.9 Å². The quantitative estimate of drug-likeness (QED) is 0.0261. The van der Waals surface area contributed by atoms with Crippen LogP contribution in [0.2, 0.25) is 0 Å². The highest BCUT2D eigenvalue weighted by molar-refractivity contribution is 5.71. The van der Waals surface area contributed by atoms with Crippen molar-refractivity contribution in [3.63, 3.8) is 0 Å². The standard InChI is InChI=1S/C65H114O6/c1-4-7-10-13-16-19-22-25-28-30-32-34-37-40-43-46-49-52-55-58-64(67)70-61-62(60-69-63(66)57-54-51-48-45-42-39-36-27-24-21-18-15-12-9-6-3)71-65(68)59-56-53-50-47-44-41-38-35-33-31-29-26-23-20-17-14-11-8-5-2/h7,10,16-17,19-20,25-26,28-29,32,34,62H,4-6,8-9,11-15,18,21-24,27,30-31,33,35-61H2,1-3H3/b10-7-,19-16-,20-17-,28-25-,29-26-,34-32-. The molecule has 6 nitrogen and oxygen atoms in total. The Morgan fingerprint density at radius 1 is 0.296 bits per heavy atom. The average molecular weight is 992 g/mol. The van der Waals surface area contributed by atoms with E-state index in [9.17, 15) is 14.4 Å². The van der Waals surface area contributed by atoms with E-state index in [2.05, 4.69) is 93.7 Å². The molecule has 0 saturated heterocycles. The van der Waals surface area contributed by atoms with E-state index in [0.717, 1.165) is 96.3 Å². The molecule has 71 heavy (non-hydrogen) atoms. The maximum atomic E-state index is 12.9. The summed E-state index contributed by atoms with van der Waals surface area (Å²) in [6.45, 7) is 6.52. The Balaban J connectivity index is 4.39. The number of unbranched alkanes of at least 4 members (excludes halogenated alkanes) is 32. The summed E-state index contributed by atoms with van der Waals surface area (Å²) in [7, 11) is 0. The second-order valence-electron chi connectivity index (χ2n) is 20.2. The van der Waals surface area contributed by atoms with Gasteiger partial charge in [0.25, 0.3) is 0 Å². The van der Waals surface area contributed by atoms with Crippen LogP contribution in [0.1, 0.15) is 303 Å². The van der Waals surface area contributed by atoms with Crippen molar-refractivity contribution in [2.45, 2.75) is 309 Å². The zero-order chi connectivity index (χ0) is 51.4. The smallest absolute Gasteiger partial charge is 0.306 e. The fraction of sp³-hybridized carbons (Fsp3) is 0.769. The first-order valence-corrected chi connectivity index (χ1v) is 30.4. The highest BCUT2D eigenvalue weighted by atomic mass is 16.6. The predicted octanol–water partition coefficient (Wildman–Crippen LogP) is 20.5. The lowest BCUT2D eigenvalue weighted by Gasteiger charge is -2.18. The van der Waals surface area contributed by atoms with Gasteiger partial charge >= 0.3 is 17.9 Å². The van der Waals surface area contributed by atoms with Crippen molar-refractivity contribution < 1.29 is 28.6 Å². The van der Waals surface area contributed by atoms with Gasteiger partial charge < -0.3 is 14.2 Å². The third-order valence-electron chi connectivity index (χ3n) is 13.2. The first-order valence-electron chi connectivity index (χ1n) is 30.4. The Morgan fingerprint density at radius 3 is 0.887 bits per heavy atom. The molecular formula is C65H114O6. The number of hydrogen-bond acceptors (Lipinski definition) is 6. The Morgan fingerprint density at radius 2 is 0.549 bits per heavy atom. The van der Waals surface area contributed by atoms with Crippen LogP contribution in [0.25, 0.3) is 0 Å². The van der Waals surface area contributed by atoms with E-state index in [0.29, 0.717) is 19.3 Å². The second kappa shape index (κ2) is 59.4. The molecule has 0 fully saturated rings. The summed E-state index contributed by atoms with van der Waals surface area (Å²) in [6, 6.07) is 0. The molecule has 0 saturated carbocycles. The van der Waals surface area contributed by atoms with E-state index in [4.69, 9.17) is 14.2 Å². The van der Waals surface area contributed by atoms with E-state index < -0.39 is 6.10 Å². The monoisotopic (exact) mass is 991 g/mol. The molecule has 0 bridgehead atoms. The normalized spacial score (nSPS) is 12.5. The molecule has 0 aromatic rings. The Labute approximate surface area is 440 Å². The largest absolute Gasteiger partial charge is 0.462 e. The minimum Gasteiger partial charge on any atom is -0.462 e. The lowest BCUT2D eigenvalue weighted by molar-refractivity contribution is -0.167. The van der Waals surface area contributed by atoms with Crippen molar-refractivity contribution in [2.75, 3.05) is 13.2 Å². The zero-order valence-electron chi connectivity index (χ0n) is 47.0. The van der Waals surface area contributed by atoms with Gasteiger partial charge in [0.15, 0.2) is 6.10 Å². The predicted molar refractivity (Wildman–Crippen MR) is 307 cm³/mol. The van der Waals surface area contributed by atoms with E-state index in [1.54, 1.807) is 0 Å². The fourth-order valence-corrected chi connectivity index (χ4v) is 8.64. The molecule has 410 valence electrons. The number of allylic oxidation sites excluding steroid dienone is 12. The number of esters is 3. The molecule has 0 amide bonds. The van der Waals surface area contributed by atoms with Crippen molar-refractivity contribution in [3.8, 4) is 0 Å². The summed E-state index contributed by atoms with van der Waals surface area (Å²) in [5, 5.41) is 0. The molecule has 0 rings (SSSR count). The van der Waals surface area contributed by atoms with Gasteiger partial charge in [-0.1, -0.05) is 267 Å². The molecule has 0 aliphatic rings. The molecule has 0 aliphatic carbocycles. The van der Waals surface area contributed by atoms with Crippen LogP contribution in [0.4, 0.5) is 0 Å². The van der Waals surface area contributed by atoms with Crippen molar-refractivity contribution >= 4 is 17.9 Å². The number of hydrogen-bond donors (Lipinski definition) is 0. The molecular weight excluding hydrogens is 877 g/mol. The van der Waals surface area contributed by atoms with Gasteiger partial charge in [-0.15, -0.1) is 0 Å². The van der Waals surface area contributed by atoms with Gasteiger partial charge in [-0.2, -0.15) is 0 Å². The fourth-order valence-electron chi connectivity index (χ4n) is 8.64.